The van der Waals surface area contributed by atoms with E-state index in [2.05, 4.69) is 15.5 Å². The molecule has 0 unspecified atom stereocenters. The molecular weight excluding hydrogens is 420 g/mol. The van der Waals surface area contributed by atoms with E-state index in [4.69, 9.17) is 9.26 Å². The van der Waals surface area contributed by atoms with Crippen molar-refractivity contribution in [2.75, 3.05) is 26.2 Å². The third kappa shape index (κ3) is 4.97. The number of carbonyl (C=O) groups excluding carboxylic acids is 1. The van der Waals surface area contributed by atoms with Crippen LogP contribution in [0.4, 0.5) is 0 Å². The summed E-state index contributed by atoms with van der Waals surface area (Å²) in [4.78, 5) is 16.9. The van der Waals surface area contributed by atoms with E-state index in [0.29, 0.717) is 56.2 Å². The highest BCUT2D eigenvalue weighted by molar-refractivity contribution is 7.89. The fraction of sp³-hybridized carbons (Fsp3) is 0.571. The smallest absolute Gasteiger partial charge is 0.243 e. The lowest BCUT2D eigenvalue weighted by Gasteiger charge is -2.30. The molecule has 10 heteroatoms. The Morgan fingerprint density at radius 3 is 2.74 bits per heavy atom. The van der Waals surface area contributed by atoms with E-state index in [9.17, 15) is 13.2 Å². The van der Waals surface area contributed by atoms with Crippen molar-refractivity contribution in [2.45, 2.75) is 50.0 Å². The van der Waals surface area contributed by atoms with Crippen LogP contribution in [0.15, 0.2) is 33.7 Å². The van der Waals surface area contributed by atoms with Gasteiger partial charge in [0, 0.05) is 44.1 Å². The largest absolute Gasteiger partial charge is 0.376 e. The number of aryl methyl sites for hydroxylation is 1. The minimum Gasteiger partial charge on any atom is -0.376 e. The van der Waals surface area contributed by atoms with Crippen molar-refractivity contribution in [3.8, 4) is 11.4 Å². The number of amides is 1. The zero-order valence-electron chi connectivity index (χ0n) is 17.6. The van der Waals surface area contributed by atoms with Gasteiger partial charge >= 0.3 is 0 Å². The molecule has 2 aromatic rings. The van der Waals surface area contributed by atoms with Crippen LogP contribution in [-0.2, 0) is 26.0 Å². The Morgan fingerprint density at radius 1 is 1.26 bits per heavy atom. The monoisotopic (exact) mass is 448 g/mol. The topological polar surface area (TPSA) is 115 Å². The molecule has 1 aromatic heterocycles. The molecule has 9 nitrogen and oxygen atoms in total. The maximum absolute atomic E-state index is 13.2. The molecule has 1 amide bonds. The number of piperidine rings is 1. The summed E-state index contributed by atoms with van der Waals surface area (Å²) in [5.41, 5.74) is 0.591. The first-order valence-corrected chi connectivity index (χ1v) is 12.2. The van der Waals surface area contributed by atoms with Gasteiger partial charge in [0.2, 0.25) is 27.6 Å². The van der Waals surface area contributed by atoms with Crippen LogP contribution in [0.1, 0.15) is 38.5 Å². The van der Waals surface area contributed by atoms with Gasteiger partial charge in [-0.1, -0.05) is 24.2 Å². The minimum atomic E-state index is -3.67. The van der Waals surface area contributed by atoms with E-state index < -0.39 is 10.0 Å². The van der Waals surface area contributed by atoms with Crippen LogP contribution in [0, 0.1) is 5.92 Å². The molecule has 2 fully saturated rings. The molecule has 168 valence electrons. The number of ether oxygens (including phenoxy) is 1. The number of hydrogen-bond acceptors (Lipinski definition) is 7. The van der Waals surface area contributed by atoms with Gasteiger partial charge in [-0.25, -0.2) is 8.42 Å². The molecular formula is C21H28N4O5S. The molecule has 3 heterocycles. The van der Waals surface area contributed by atoms with E-state index in [-0.39, 0.29) is 22.8 Å². The Kier molecular flexibility index (Phi) is 6.68. The fourth-order valence-corrected chi connectivity index (χ4v) is 5.50. The number of benzene rings is 1. The zero-order valence-corrected chi connectivity index (χ0v) is 18.4. The minimum absolute atomic E-state index is 0.0154. The highest BCUT2D eigenvalue weighted by atomic mass is 32.2. The summed E-state index contributed by atoms with van der Waals surface area (Å²) in [6.07, 6.45) is 3.72. The number of nitrogens with zero attached hydrogens (tertiary/aromatic N) is 3. The molecule has 2 saturated heterocycles. The highest BCUT2D eigenvalue weighted by Gasteiger charge is 2.32. The Balaban J connectivity index is 1.37. The molecule has 31 heavy (non-hydrogen) atoms. The van der Waals surface area contributed by atoms with E-state index in [1.807, 2.05) is 6.92 Å². The van der Waals surface area contributed by atoms with Gasteiger partial charge in [-0.2, -0.15) is 9.29 Å². The Labute approximate surface area is 182 Å². The van der Waals surface area contributed by atoms with Crippen molar-refractivity contribution in [3.63, 3.8) is 0 Å². The molecule has 4 rings (SSSR count). The summed E-state index contributed by atoms with van der Waals surface area (Å²) in [6, 6.07) is 6.57. The van der Waals surface area contributed by atoms with Gasteiger partial charge in [-0.15, -0.1) is 0 Å². The number of rotatable bonds is 7. The van der Waals surface area contributed by atoms with Crippen molar-refractivity contribution in [1.82, 2.24) is 19.8 Å². The second-order valence-electron chi connectivity index (χ2n) is 7.95. The van der Waals surface area contributed by atoms with E-state index >= 15 is 0 Å². The molecule has 2 aliphatic heterocycles. The molecule has 0 radical (unpaired) electrons. The molecule has 1 aromatic carbocycles. The van der Waals surface area contributed by atoms with Crippen LogP contribution in [0.2, 0.25) is 0 Å². The fourth-order valence-electron chi connectivity index (χ4n) is 3.98. The Hall–Kier alpha value is -2.30. The summed E-state index contributed by atoms with van der Waals surface area (Å²) >= 11 is 0. The zero-order chi connectivity index (χ0) is 21.8. The molecule has 0 bridgehead atoms. The van der Waals surface area contributed by atoms with Crippen molar-refractivity contribution < 1.29 is 22.5 Å². The van der Waals surface area contributed by atoms with Crippen LogP contribution < -0.4 is 5.32 Å². The summed E-state index contributed by atoms with van der Waals surface area (Å²) in [5, 5.41) is 6.88. The predicted molar refractivity (Wildman–Crippen MR) is 113 cm³/mol. The Morgan fingerprint density at radius 2 is 2.06 bits per heavy atom. The van der Waals surface area contributed by atoms with Gasteiger partial charge in [0.15, 0.2) is 0 Å². The first-order valence-electron chi connectivity index (χ1n) is 10.8. The number of sulfonamides is 1. The SMILES string of the molecule is CCc1nc(-c2cccc(S(=O)(=O)N3CCC(C(=O)NC[C@H]4CCCO4)CC3)c2)no1. The van der Waals surface area contributed by atoms with Crippen LogP contribution in [0.3, 0.4) is 0 Å². The normalized spacial score (nSPS) is 20.7. The van der Waals surface area contributed by atoms with Crippen LogP contribution in [-0.4, -0.2) is 61.1 Å². The lowest BCUT2D eigenvalue weighted by atomic mass is 9.97. The first kappa shape index (κ1) is 21.9. The average molecular weight is 449 g/mol. The third-order valence-electron chi connectivity index (χ3n) is 5.85. The van der Waals surface area contributed by atoms with E-state index in [0.717, 1.165) is 19.4 Å². The summed E-state index contributed by atoms with van der Waals surface area (Å²) < 4.78 is 38.4. The molecule has 1 N–H and O–H groups in total. The van der Waals surface area contributed by atoms with Crippen molar-refractivity contribution in [2.24, 2.45) is 5.92 Å². The van der Waals surface area contributed by atoms with Crippen LogP contribution >= 0.6 is 0 Å². The Bertz CT molecular complexity index is 1010. The number of carbonyl (C=O) groups is 1. The molecule has 1 atom stereocenters. The third-order valence-corrected chi connectivity index (χ3v) is 7.75. The quantitative estimate of drug-likeness (QED) is 0.689. The van der Waals surface area contributed by atoms with Gasteiger partial charge in [-0.3, -0.25) is 4.79 Å². The average Bonchev–Trinajstić information content (AvgIpc) is 3.50. The number of hydrogen-bond donors (Lipinski definition) is 1. The first-order chi connectivity index (χ1) is 15.0. The maximum Gasteiger partial charge on any atom is 0.243 e. The van der Waals surface area contributed by atoms with Crippen molar-refractivity contribution in [3.05, 3.63) is 30.2 Å². The maximum atomic E-state index is 13.2. The second-order valence-corrected chi connectivity index (χ2v) is 9.89. The van der Waals surface area contributed by atoms with Gasteiger partial charge in [0.05, 0.1) is 11.0 Å². The number of nitrogens with one attached hydrogen (secondary N) is 1. The number of aromatic nitrogens is 2. The molecule has 0 aliphatic carbocycles. The van der Waals surface area contributed by atoms with Crippen LogP contribution in [0.25, 0.3) is 11.4 Å². The molecule has 0 spiro atoms. The summed E-state index contributed by atoms with van der Waals surface area (Å²) in [7, 11) is -3.67. The van der Waals surface area contributed by atoms with E-state index in [1.54, 1.807) is 24.3 Å². The molecule has 2 aliphatic rings. The van der Waals surface area contributed by atoms with Gasteiger partial charge in [0.25, 0.3) is 0 Å². The van der Waals surface area contributed by atoms with Gasteiger partial charge in [-0.05, 0) is 37.8 Å². The standard InChI is InChI=1S/C21H28N4O5S/c1-2-19-23-20(24-30-19)16-5-3-7-18(13-16)31(27,28)25-10-8-15(9-11-25)21(26)22-14-17-6-4-12-29-17/h3,5,7,13,15,17H,2,4,6,8-12,14H2,1H3,(H,22,26)/t17-/m1/s1. The lowest BCUT2D eigenvalue weighted by Crippen LogP contribution is -2.44. The highest BCUT2D eigenvalue weighted by Crippen LogP contribution is 2.26. The molecule has 0 saturated carbocycles. The predicted octanol–water partition coefficient (Wildman–Crippen LogP) is 1.99. The summed E-state index contributed by atoms with van der Waals surface area (Å²) in [5.74, 6) is 0.683. The lowest BCUT2D eigenvalue weighted by molar-refractivity contribution is -0.126. The van der Waals surface area contributed by atoms with Gasteiger partial charge < -0.3 is 14.6 Å². The van der Waals surface area contributed by atoms with E-state index in [1.165, 1.54) is 4.31 Å². The van der Waals surface area contributed by atoms with Crippen LogP contribution in [0.5, 0.6) is 0 Å². The van der Waals surface area contributed by atoms with Crippen molar-refractivity contribution in [1.29, 1.82) is 0 Å². The van der Waals surface area contributed by atoms with Crippen molar-refractivity contribution >= 4 is 15.9 Å². The van der Waals surface area contributed by atoms with Gasteiger partial charge in [0.1, 0.15) is 0 Å². The summed E-state index contributed by atoms with van der Waals surface area (Å²) in [6.45, 7) is 3.81. The second kappa shape index (κ2) is 9.46.